The molecule has 0 radical (unpaired) electrons. The second-order valence-electron chi connectivity index (χ2n) is 6.19. The molecule has 0 aliphatic carbocycles. The van der Waals surface area contributed by atoms with E-state index < -0.39 is 34.9 Å². The standard InChI is InChI=1S/C18H18F3N3O5/c1-11(2)29-16-6-3-12(8-22-16)9-23-17(25)14-7-13(28-10-18(19,20)21)4-5-15(14)24(26)27/h3-8,11H,9-10H2,1-2H3,(H,23,25). The van der Waals surface area contributed by atoms with Crippen LogP contribution in [0.15, 0.2) is 36.5 Å². The third kappa shape index (κ3) is 6.94. The van der Waals surface area contributed by atoms with E-state index in [1.807, 2.05) is 13.8 Å². The molecule has 8 nitrogen and oxygen atoms in total. The van der Waals surface area contributed by atoms with Gasteiger partial charge >= 0.3 is 6.18 Å². The molecule has 29 heavy (non-hydrogen) atoms. The van der Waals surface area contributed by atoms with Crippen LogP contribution in [-0.4, -0.2) is 34.7 Å². The number of halogens is 3. The Kier molecular flexibility index (Phi) is 6.97. The summed E-state index contributed by atoms with van der Waals surface area (Å²) in [5.74, 6) is -0.744. The molecule has 0 atom stereocenters. The van der Waals surface area contributed by atoms with Gasteiger partial charge in [0.2, 0.25) is 5.88 Å². The summed E-state index contributed by atoms with van der Waals surface area (Å²) in [4.78, 5) is 26.8. The maximum absolute atomic E-state index is 12.4. The molecule has 0 unspecified atom stereocenters. The molecule has 0 saturated carbocycles. The van der Waals surface area contributed by atoms with E-state index in [0.717, 1.165) is 18.2 Å². The fourth-order valence-corrected chi connectivity index (χ4v) is 2.22. The number of carbonyl (C=O) groups is 1. The first-order valence-corrected chi connectivity index (χ1v) is 8.43. The van der Waals surface area contributed by atoms with E-state index in [1.54, 1.807) is 12.1 Å². The highest BCUT2D eigenvalue weighted by molar-refractivity contribution is 5.98. The van der Waals surface area contributed by atoms with Gasteiger partial charge in [0.05, 0.1) is 11.0 Å². The van der Waals surface area contributed by atoms with E-state index in [-0.39, 0.29) is 18.4 Å². The Morgan fingerprint density at radius 1 is 1.28 bits per heavy atom. The lowest BCUT2D eigenvalue weighted by atomic mass is 10.1. The molecular formula is C18H18F3N3O5. The Balaban J connectivity index is 2.10. The Bertz CT molecular complexity index is 870. The molecule has 11 heteroatoms. The van der Waals surface area contributed by atoms with Crippen molar-refractivity contribution in [1.29, 1.82) is 0 Å². The number of nitro benzene ring substituents is 1. The van der Waals surface area contributed by atoms with Crippen LogP contribution in [0.2, 0.25) is 0 Å². The summed E-state index contributed by atoms with van der Waals surface area (Å²) in [6.07, 6.45) is -3.17. The maximum atomic E-state index is 12.4. The van der Waals surface area contributed by atoms with Gasteiger partial charge in [-0.15, -0.1) is 0 Å². The first-order valence-electron chi connectivity index (χ1n) is 8.43. The second kappa shape index (κ2) is 9.22. The molecule has 1 amide bonds. The predicted octanol–water partition coefficient (Wildman–Crippen LogP) is 3.65. The van der Waals surface area contributed by atoms with E-state index in [4.69, 9.17) is 4.74 Å². The van der Waals surface area contributed by atoms with Crippen LogP contribution in [0.5, 0.6) is 11.6 Å². The zero-order valence-electron chi connectivity index (χ0n) is 15.5. The summed E-state index contributed by atoms with van der Waals surface area (Å²) in [6, 6.07) is 6.08. The molecule has 0 aliphatic heterocycles. The number of nitrogens with one attached hydrogen (secondary N) is 1. The second-order valence-corrected chi connectivity index (χ2v) is 6.19. The fourth-order valence-electron chi connectivity index (χ4n) is 2.22. The highest BCUT2D eigenvalue weighted by Crippen LogP contribution is 2.26. The molecule has 2 aromatic rings. The van der Waals surface area contributed by atoms with Crippen molar-refractivity contribution < 1.29 is 32.4 Å². The smallest absolute Gasteiger partial charge is 0.422 e. The molecule has 0 spiro atoms. The fraction of sp³-hybridized carbons (Fsp3) is 0.333. The number of nitrogens with zero attached hydrogens (tertiary/aromatic N) is 2. The summed E-state index contributed by atoms with van der Waals surface area (Å²) >= 11 is 0. The van der Waals surface area contributed by atoms with Gasteiger partial charge in [-0.05, 0) is 31.5 Å². The molecule has 1 N–H and O–H groups in total. The maximum Gasteiger partial charge on any atom is 0.422 e. The number of benzene rings is 1. The predicted molar refractivity (Wildman–Crippen MR) is 95.8 cm³/mol. The van der Waals surface area contributed by atoms with E-state index in [0.29, 0.717) is 11.4 Å². The number of aromatic nitrogens is 1. The highest BCUT2D eigenvalue weighted by atomic mass is 19.4. The van der Waals surface area contributed by atoms with E-state index >= 15 is 0 Å². The molecule has 0 saturated heterocycles. The SMILES string of the molecule is CC(C)Oc1ccc(CNC(=O)c2cc(OCC(F)(F)F)ccc2[N+](=O)[O-])cn1. The highest BCUT2D eigenvalue weighted by Gasteiger charge is 2.29. The lowest BCUT2D eigenvalue weighted by Gasteiger charge is -2.11. The van der Waals surface area contributed by atoms with Gasteiger partial charge in [-0.1, -0.05) is 6.07 Å². The molecule has 156 valence electrons. The quantitative estimate of drug-likeness (QED) is 0.523. The molecule has 1 heterocycles. The molecular weight excluding hydrogens is 395 g/mol. The van der Waals surface area contributed by atoms with Crippen molar-refractivity contribution in [3.05, 3.63) is 57.8 Å². The van der Waals surface area contributed by atoms with Crippen molar-refractivity contribution in [2.45, 2.75) is 32.7 Å². The van der Waals surface area contributed by atoms with Gasteiger partial charge in [-0.2, -0.15) is 13.2 Å². The first-order chi connectivity index (χ1) is 13.5. The number of carbonyl (C=O) groups excluding carboxylic acids is 1. The lowest BCUT2D eigenvalue weighted by Crippen LogP contribution is -2.24. The Morgan fingerprint density at radius 3 is 2.55 bits per heavy atom. The van der Waals surface area contributed by atoms with Crippen molar-refractivity contribution in [2.75, 3.05) is 6.61 Å². The summed E-state index contributed by atoms with van der Waals surface area (Å²) in [5, 5.41) is 13.6. The lowest BCUT2D eigenvalue weighted by molar-refractivity contribution is -0.385. The van der Waals surface area contributed by atoms with Gasteiger partial charge in [0.25, 0.3) is 11.6 Å². The van der Waals surface area contributed by atoms with Gasteiger partial charge in [-0.25, -0.2) is 4.98 Å². The van der Waals surface area contributed by atoms with Crippen LogP contribution in [0.3, 0.4) is 0 Å². The van der Waals surface area contributed by atoms with Crippen LogP contribution in [0.4, 0.5) is 18.9 Å². The van der Waals surface area contributed by atoms with Gasteiger partial charge in [0.15, 0.2) is 6.61 Å². The van der Waals surface area contributed by atoms with E-state index in [1.165, 1.54) is 6.20 Å². The minimum Gasteiger partial charge on any atom is -0.484 e. The number of amides is 1. The van der Waals surface area contributed by atoms with Gasteiger partial charge in [0.1, 0.15) is 11.3 Å². The number of ether oxygens (including phenoxy) is 2. The number of hydrogen-bond donors (Lipinski definition) is 1. The number of rotatable bonds is 8. The summed E-state index contributed by atoms with van der Waals surface area (Å²) in [5.41, 5.74) is -0.371. The van der Waals surface area contributed by atoms with Crippen LogP contribution in [0, 0.1) is 10.1 Å². The number of hydrogen-bond acceptors (Lipinski definition) is 6. The van der Waals surface area contributed by atoms with Gasteiger partial charge in [-0.3, -0.25) is 14.9 Å². The molecule has 0 aliphatic rings. The van der Waals surface area contributed by atoms with Crippen LogP contribution in [0.25, 0.3) is 0 Å². The zero-order chi connectivity index (χ0) is 21.6. The summed E-state index contributed by atoms with van der Waals surface area (Å²) < 4.78 is 46.8. The Hall–Kier alpha value is -3.37. The molecule has 1 aromatic carbocycles. The largest absolute Gasteiger partial charge is 0.484 e. The van der Waals surface area contributed by atoms with Crippen LogP contribution in [-0.2, 0) is 6.54 Å². The van der Waals surface area contributed by atoms with Crippen molar-refractivity contribution >= 4 is 11.6 Å². The first kappa shape index (κ1) is 21.9. The van der Waals surface area contributed by atoms with Crippen molar-refractivity contribution in [2.24, 2.45) is 0 Å². The Labute approximate surface area is 163 Å². The van der Waals surface area contributed by atoms with E-state index in [9.17, 15) is 28.1 Å². The molecule has 0 fully saturated rings. The number of pyridine rings is 1. The van der Waals surface area contributed by atoms with Crippen molar-refractivity contribution in [1.82, 2.24) is 10.3 Å². The normalized spacial score (nSPS) is 11.2. The molecule has 0 bridgehead atoms. The topological polar surface area (TPSA) is 104 Å². The Morgan fingerprint density at radius 2 is 2.00 bits per heavy atom. The monoisotopic (exact) mass is 413 g/mol. The summed E-state index contributed by atoms with van der Waals surface area (Å²) in [6.45, 7) is 2.10. The van der Waals surface area contributed by atoms with Gasteiger partial charge < -0.3 is 14.8 Å². The summed E-state index contributed by atoms with van der Waals surface area (Å²) in [7, 11) is 0. The number of alkyl halides is 3. The van der Waals surface area contributed by atoms with Crippen LogP contribution in [0.1, 0.15) is 29.8 Å². The average molecular weight is 413 g/mol. The number of nitro groups is 1. The zero-order valence-corrected chi connectivity index (χ0v) is 15.5. The van der Waals surface area contributed by atoms with E-state index in [2.05, 4.69) is 15.0 Å². The third-order valence-corrected chi connectivity index (χ3v) is 3.42. The third-order valence-electron chi connectivity index (χ3n) is 3.42. The minimum absolute atomic E-state index is 0.00141. The van der Waals surface area contributed by atoms with Crippen molar-refractivity contribution in [3.63, 3.8) is 0 Å². The van der Waals surface area contributed by atoms with Crippen molar-refractivity contribution in [3.8, 4) is 11.6 Å². The minimum atomic E-state index is -4.58. The average Bonchev–Trinajstić information content (AvgIpc) is 2.64. The van der Waals surface area contributed by atoms with Gasteiger partial charge in [0, 0.05) is 24.9 Å². The van der Waals surface area contributed by atoms with Crippen LogP contribution < -0.4 is 14.8 Å². The van der Waals surface area contributed by atoms with Crippen LogP contribution >= 0.6 is 0 Å². The molecule has 2 rings (SSSR count). The molecule has 1 aromatic heterocycles.